The van der Waals surface area contributed by atoms with Gasteiger partial charge in [-0.2, -0.15) is 8.42 Å². The number of piperazine rings is 1. The Hall–Kier alpha value is -1.19. The molecule has 0 saturated carbocycles. The largest absolute Gasteiger partial charge is 0.314 e. The Kier molecular flexibility index (Phi) is 6.89. The van der Waals surface area contributed by atoms with Crippen molar-refractivity contribution in [3.05, 3.63) is 30.3 Å². The van der Waals surface area contributed by atoms with Crippen LogP contribution in [0.5, 0.6) is 0 Å². The van der Waals surface area contributed by atoms with Crippen LogP contribution in [0.2, 0.25) is 0 Å². The number of nitrogens with two attached hydrogens (primary N) is 2. The Labute approximate surface area is 120 Å². The molecule has 8 heteroatoms. The number of nitrogens with zero attached hydrogens (tertiary/aromatic N) is 2. The van der Waals surface area contributed by atoms with Gasteiger partial charge in [0.2, 0.25) is 0 Å². The van der Waals surface area contributed by atoms with Gasteiger partial charge in [0.1, 0.15) is 0 Å². The van der Waals surface area contributed by atoms with Crippen molar-refractivity contribution < 1.29 is 8.42 Å². The van der Waals surface area contributed by atoms with Gasteiger partial charge in [-0.05, 0) is 19.2 Å². The van der Waals surface area contributed by atoms with E-state index in [4.69, 9.17) is 10.9 Å². The smallest absolute Gasteiger partial charge is 0.300 e. The van der Waals surface area contributed by atoms with E-state index in [0.29, 0.717) is 5.69 Å². The summed E-state index contributed by atoms with van der Waals surface area (Å²) in [7, 11) is -1.61. The molecule has 0 aliphatic carbocycles. The Balaban J connectivity index is 0.000000240. The lowest BCUT2D eigenvalue weighted by Gasteiger charge is -2.21. The summed E-state index contributed by atoms with van der Waals surface area (Å²) in [5.41, 5.74) is 5.72. The average Bonchev–Trinajstić information content (AvgIpc) is 2.41. The molecule has 0 atom stereocenters. The van der Waals surface area contributed by atoms with Gasteiger partial charge < -0.3 is 16.0 Å². The molecule has 0 unspecified atom stereocenters. The van der Waals surface area contributed by atoms with Gasteiger partial charge in [0.05, 0.1) is 12.4 Å². The highest BCUT2D eigenvalue weighted by atomic mass is 32.2. The highest BCUT2D eigenvalue weighted by molar-refractivity contribution is 7.90. The quantitative estimate of drug-likeness (QED) is 0.630. The van der Waals surface area contributed by atoms with Crippen LogP contribution < -0.4 is 20.5 Å². The maximum absolute atomic E-state index is 11.0. The number of rotatable bonds is 3. The molecule has 1 aromatic rings. The highest BCUT2D eigenvalue weighted by Gasteiger charge is 2.14. The molecule has 1 aliphatic rings. The molecule has 1 aromatic carbocycles. The molecule has 5 N–H and O–H groups in total. The first-order valence-corrected chi connectivity index (χ1v) is 7.90. The summed E-state index contributed by atoms with van der Waals surface area (Å²) in [5, 5.41) is 8.21. The van der Waals surface area contributed by atoms with E-state index in [2.05, 4.69) is 17.3 Å². The lowest BCUT2D eigenvalue weighted by atomic mass is 10.3. The van der Waals surface area contributed by atoms with E-state index in [1.807, 2.05) is 0 Å². The van der Waals surface area contributed by atoms with Crippen molar-refractivity contribution in [2.75, 3.05) is 44.2 Å². The van der Waals surface area contributed by atoms with Gasteiger partial charge in [-0.3, -0.25) is 0 Å². The summed E-state index contributed by atoms with van der Waals surface area (Å²) in [6, 6.07) is 8.45. The first-order chi connectivity index (χ1) is 9.45. The van der Waals surface area contributed by atoms with E-state index >= 15 is 0 Å². The Bertz CT molecular complexity index is 474. The Morgan fingerprint density at radius 3 is 2.15 bits per heavy atom. The van der Waals surface area contributed by atoms with E-state index in [-0.39, 0.29) is 6.67 Å². The van der Waals surface area contributed by atoms with E-state index in [9.17, 15) is 8.42 Å². The molecule has 0 spiro atoms. The second-order valence-corrected chi connectivity index (χ2v) is 5.94. The summed E-state index contributed by atoms with van der Waals surface area (Å²) >= 11 is 0. The molecule has 1 saturated heterocycles. The summed E-state index contributed by atoms with van der Waals surface area (Å²) < 4.78 is 22.9. The van der Waals surface area contributed by atoms with Gasteiger partial charge in [0, 0.05) is 26.2 Å². The van der Waals surface area contributed by atoms with Crippen LogP contribution in [0.25, 0.3) is 0 Å². The molecule has 1 heterocycles. The van der Waals surface area contributed by atoms with Crippen molar-refractivity contribution >= 4 is 15.9 Å². The topological polar surface area (TPSA) is 105 Å². The van der Waals surface area contributed by atoms with Crippen molar-refractivity contribution in [2.24, 2.45) is 10.9 Å². The maximum atomic E-state index is 11.0. The zero-order valence-corrected chi connectivity index (χ0v) is 12.5. The molecular weight excluding hydrogens is 278 g/mol. The third-order valence-electron chi connectivity index (χ3n) is 2.86. The van der Waals surface area contributed by atoms with Crippen LogP contribution in [0, 0.1) is 0 Å². The fourth-order valence-corrected chi connectivity index (χ4v) is 2.35. The molecular formula is C12H23N5O2S. The standard InChI is InChI=1S/C7H11N3O2S.C5H12N2/c8-6-10(13(9,11)12)7-4-2-1-3-5-7;1-7-4-2-6-3-5-7/h1-5H,6,8H2,(H2,9,11,12);6H,2-5H2,1H3. The molecule has 0 amide bonds. The van der Waals surface area contributed by atoms with Crippen LogP contribution >= 0.6 is 0 Å². The Morgan fingerprint density at radius 2 is 1.80 bits per heavy atom. The summed E-state index contributed by atoms with van der Waals surface area (Å²) in [5.74, 6) is 0. The van der Waals surface area contributed by atoms with Crippen LogP contribution in [0.4, 0.5) is 5.69 Å². The minimum Gasteiger partial charge on any atom is -0.314 e. The van der Waals surface area contributed by atoms with E-state index in [1.54, 1.807) is 30.3 Å². The van der Waals surface area contributed by atoms with Crippen molar-refractivity contribution in [1.82, 2.24) is 10.2 Å². The van der Waals surface area contributed by atoms with Crippen molar-refractivity contribution in [2.45, 2.75) is 0 Å². The van der Waals surface area contributed by atoms with Crippen LogP contribution in [0.15, 0.2) is 30.3 Å². The fourth-order valence-electron chi connectivity index (χ4n) is 1.73. The molecule has 0 aromatic heterocycles. The number of para-hydroxylation sites is 1. The number of benzene rings is 1. The van der Waals surface area contributed by atoms with Gasteiger partial charge in [-0.15, -0.1) is 0 Å². The van der Waals surface area contributed by atoms with E-state index in [1.165, 1.54) is 13.1 Å². The number of hydrogen-bond acceptors (Lipinski definition) is 5. The minimum absolute atomic E-state index is 0.164. The van der Waals surface area contributed by atoms with Crippen LogP contribution in [0.3, 0.4) is 0 Å². The lowest BCUT2D eigenvalue weighted by Crippen LogP contribution is -2.40. The van der Waals surface area contributed by atoms with E-state index < -0.39 is 10.2 Å². The summed E-state index contributed by atoms with van der Waals surface area (Å²) in [4.78, 5) is 2.33. The van der Waals surface area contributed by atoms with Crippen molar-refractivity contribution in [3.63, 3.8) is 0 Å². The predicted octanol–water partition coefficient (Wildman–Crippen LogP) is -0.866. The van der Waals surface area contributed by atoms with Crippen molar-refractivity contribution in [1.29, 1.82) is 0 Å². The predicted molar refractivity (Wildman–Crippen MR) is 81.4 cm³/mol. The van der Waals surface area contributed by atoms with Gasteiger partial charge in [-0.25, -0.2) is 9.44 Å². The van der Waals surface area contributed by atoms with Crippen LogP contribution in [-0.2, 0) is 10.2 Å². The molecule has 114 valence electrons. The first kappa shape index (κ1) is 16.9. The minimum atomic E-state index is -3.76. The first-order valence-electron chi connectivity index (χ1n) is 6.40. The van der Waals surface area contributed by atoms with Crippen LogP contribution in [0.1, 0.15) is 0 Å². The molecule has 2 rings (SSSR count). The molecule has 0 radical (unpaired) electrons. The molecule has 7 nitrogen and oxygen atoms in total. The summed E-state index contributed by atoms with van der Waals surface area (Å²) in [6.45, 7) is 4.58. The van der Waals surface area contributed by atoms with Gasteiger partial charge in [-0.1, -0.05) is 18.2 Å². The maximum Gasteiger partial charge on any atom is 0.300 e. The fraction of sp³-hybridized carbons (Fsp3) is 0.500. The third kappa shape index (κ3) is 5.85. The zero-order valence-electron chi connectivity index (χ0n) is 11.7. The number of likely N-dealkylation sites (N-methyl/N-ethyl adjacent to an activating group) is 1. The second-order valence-electron chi connectivity index (χ2n) is 4.46. The average molecular weight is 301 g/mol. The second kappa shape index (κ2) is 8.18. The lowest BCUT2D eigenvalue weighted by molar-refractivity contribution is 0.291. The molecule has 1 aliphatic heterocycles. The zero-order chi connectivity index (χ0) is 15.0. The number of nitrogens with one attached hydrogen (secondary N) is 1. The molecule has 0 bridgehead atoms. The monoisotopic (exact) mass is 301 g/mol. The van der Waals surface area contributed by atoms with Crippen molar-refractivity contribution in [3.8, 4) is 0 Å². The van der Waals surface area contributed by atoms with E-state index in [0.717, 1.165) is 17.4 Å². The molecule has 20 heavy (non-hydrogen) atoms. The van der Waals surface area contributed by atoms with Gasteiger partial charge in [0.25, 0.3) is 10.2 Å². The third-order valence-corrected chi connectivity index (χ3v) is 3.83. The highest BCUT2D eigenvalue weighted by Crippen LogP contribution is 2.13. The SMILES string of the molecule is CN1CCNCC1.NCN(c1ccccc1)S(N)(=O)=O. The van der Waals surface area contributed by atoms with Gasteiger partial charge >= 0.3 is 0 Å². The number of anilines is 1. The molecule has 1 fully saturated rings. The normalized spacial score (nSPS) is 16.1. The van der Waals surface area contributed by atoms with Crippen LogP contribution in [-0.4, -0.2) is 53.2 Å². The van der Waals surface area contributed by atoms with Gasteiger partial charge in [0.15, 0.2) is 0 Å². The Morgan fingerprint density at radius 1 is 1.25 bits per heavy atom. The number of hydrogen-bond donors (Lipinski definition) is 3. The summed E-state index contributed by atoms with van der Waals surface area (Å²) in [6.07, 6.45) is 0.